The van der Waals surface area contributed by atoms with E-state index in [9.17, 15) is 22.8 Å². The van der Waals surface area contributed by atoms with Crippen LogP contribution < -0.4 is 5.56 Å². The third-order valence-electron chi connectivity index (χ3n) is 6.49. The van der Waals surface area contributed by atoms with E-state index in [1.54, 1.807) is 24.5 Å². The molecule has 0 spiro atoms. The summed E-state index contributed by atoms with van der Waals surface area (Å²) in [6.45, 7) is 2.04. The van der Waals surface area contributed by atoms with Gasteiger partial charge < -0.3 is 0 Å². The lowest BCUT2D eigenvalue weighted by Crippen LogP contribution is -2.18. The Morgan fingerprint density at radius 3 is 2.47 bits per heavy atom. The number of unbranched alkanes of at least 4 members (excludes halogenated alkanes) is 1. The Morgan fingerprint density at radius 2 is 1.74 bits per heavy atom. The van der Waals surface area contributed by atoms with Crippen LogP contribution in [0.1, 0.15) is 37.4 Å². The molecule has 3 heterocycles. The lowest BCUT2D eigenvalue weighted by atomic mass is 10.0. The second kappa shape index (κ2) is 10.2. The molecule has 0 N–H and O–H groups in total. The van der Waals surface area contributed by atoms with E-state index in [1.165, 1.54) is 22.8 Å². The number of halogens is 3. The molecular weight excluding hydrogens is 491 g/mol. The number of ketones is 1. The van der Waals surface area contributed by atoms with Crippen molar-refractivity contribution >= 4 is 27.6 Å². The zero-order valence-corrected chi connectivity index (χ0v) is 20.6. The highest BCUT2D eigenvalue weighted by molar-refractivity contribution is 6.05. The Kier molecular flexibility index (Phi) is 6.80. The highest BCUT2D eigenvalue weighted by Gasteiger charge is 2.30. The van der Waals surface area contributed by atoms with Crippen LogP contribution in [0.25, 0.3) is 38.6 Å². The predicted octanol–water partition coefficient (Wildman–Crippen LogP) is 6.92. The van der Waals surface area contributed by atoms with Crippen molar-refractivity contribution in [3.63, 3.8) is 0 Å². The van der Waals surface area contributed by atoms with Gasteiger partial charge in [0.1, 0.15) is 5.78 Å². The summed E-state index contributed by atoms with van der Waals surface area (Å²) >= 11 is 0. The number of rotatable bonds is 7. The lowest BCUT2D eigenvalue weighted by molar-refractivity contribution is -0.137. The van der Waals surface area contributed by atoms with Crippen LogP contribution in [0.5, 0.6) is 0 Å². The fraction of sp³-hybridized carbons (Fsp3) is 0.200. The molecule has 0 saturated heterocycles. The molecule has 3 aromatic heterocycles. The van der Waals surface area contributed by atoms with Crippen molar-refractivity contribution < 1.29 is 18.0 Å². The van der Waals surface area contributed by atoms with Gasteiger partial charge in [0.05, 0.1) is 16.6 Å². The molecule has 192 valence electrons. The van der Waals surface area contributed by atoms with E-state index in [0.717, 1.165) is 36.1 Å². The van der Waals surface area contributed by atoms with Crippen LogP contribution in [-0.2, 0) is 17.4 Å². The van der Waals surface area contributed by atoms with Gasteiger partial charge in [-0.1, -0.05) is 31.5 Å². The minimum Gasteiger partial charge on any atom is -0.299 e. The molecule has 2 aromatic carbocycles. The second-order valence-corrected chi connectivity index (χ2v) is 9.21. The van der Waals surface area contributed by atoms with Gasteiger partial charge in [-0.2, -0.15) is 13.2 Å². The first-order valence-electron chi connectivity index (χ1n) is 12.3. The number of hydrogen-bond acceptors (Lipinski definition) is 4. The summed E-state index contributed by atoms with van der Waals surface area (Å²) in [5.41, 5.74) is 2.19. The van der Waals surface area contributed by atoms with Crippen LogP contribution >= 0.6 is 0 Å². The maximum Gasteiger partial charge on any atom is 0.416 e. The van der Waals surface area contributed by atoms with Crippen LogP contribution in [0.3, 0.4) is 0 Å². The summed E-state index contributed by atoms with van der Waals surface area (Å²) in [4.78, 5) is 34.1. The van der Waals surface area contributed by atoms with Gasteiger partial charge in [-0.15, -0.1) is 0 Å². The maximum absolute atomic E-state index is 13.4. The Bertz CT molecular complexity index is 1710. The number of carbonyl (C=O) groups is 1. The average Bonchev–Trinajstić information content (AvgIpc) is 2.91. The second-order valence-electron chi connectivity index (χ2n) is 9.21. The zero-order chi connectivity index (χ0) is 26.9. The number of fused-ring (bicyclic) bond motifs is 3. The highest BCUT2D eigenvalue weighted by Crippen LogP contribution is 2.32. The molecule has 0 atom stereocenters. The minimum atomic E-state index is -4.54. The third kappa shape index (κ3) is 5.07. The molecule has 0 bridgehead atoms. The smallest absolute Gasteiger partial charge is 0.299 e. The summed E-state index contributed by atoms with van der Waals surface area (Å²) < 4.78 is 41.6. The van der Waals surface area contributed by atoms with Crippen LogP contribution in [0.2, 0.25) is 0 Å². The first-order valence-corrected chi connectivity index (χ1v) is 12.3. The summed E-state index contributed by atoms with van der Waals surface area (Å²) in [5.74, 6) is 0.155. The lowest BCUT2D eigenvalue weighted by Gasteiger charge is -2.15. The zero-order valence-electron chi connectivity index (χ0n) is 20.6. The van der Waals surface area contributed by atoms with E-state index >= 15 is 0 Å². The molecule has 5 rings (SSSR count). The average molecular weight is 516 g/mol. The van der Waals surface area contributed by atoms with E-state index in [2.05, 4.69) is 9.97 Å². The fourth-order valence-electron chi connectivity index (χ4n) is 4.53. The van der Waals surface area contributed by atoms with Crippen LogP contribution in [0.15, 0.2) is 83.9 Å². The van der Waals surface area contributed by atoms with Gasteiger partial charge in [0.15, 0.2) is 0 Å². The maximum atomic E-state index is 13.4. The first kappa shape index (κ1) is 25.3. The fourth-order valence-corrected chi connectivity index (χ4v) is 4.53. The highest BCUT2D eigenvalue weighted by atomic mass is 19.4. The van der Waals surface area contributed by atoms with E-state index in [0.29, 0.717) is 33.9 Å². The predicted molar refractivity (Wildman–Crippen MR) is 141 cm³/mol. The quantitative estimate of drug-likeness (QED) is 0.221. The van der Waals surface area contributed by atoms with E-state index in [1.807, 2.05) is 31.2 Å². The molecule has 5 nitrogen and oxygen atoms in total. The van der Waals surface area contributed by atoms with E-state index in [4.69, 9.17) is 0 Å². The normalized spacial score (nSPS) is 11.8. The molecule has 0 fully saturated rings. The summed E-state index contributed by atoms with van der Waals surface area (Å²) in [7, 11) is 0. The van der Waals surface area contributed by atoms with Gasteiger partial charge in [-0.05, 0) is 54.4 Å². The standard InChI is InChI=1S/C30H24F3N3O2/c1-2-3-7-25(37)16-23-11-8-20(17-34-23)19-9-12-27-26(14-19)29-21(18-35-27)10-13-28(38)36(29)24-6-4-5-22(15-24)30(31,32)33/h4-6,8-15,17-18H,2-3,7,16H2,1H3. The molecule has 8 heteroatoms. The molecule has 0 unspecified atom stereocenters. The molecule has 0 aliphatic rings. The third-order valence-corrected chi connectivity index (χ3v) is 6.49. The van der Waals surface area contributed by atoms with Crippen molar-refractivity contribution in [2.24, 2.45) is 0 Å². The largest absolute Gasteiger partial charge is 0.416 e. The topological polar surface area (TPSA) is 64.8 Å². The van der Waals surface area contributed by atoms with Gasteiger partial charge in [0.25, 0.3) is 5.56 Å². The molecule has 5 aromatic rings. The van der Waals surface area contributed by atoms with E-state index < -0.39 is 17.3 Å². The first-order chi connectivity index (χ1) is 18.2. The van der Waals surface area contributed by atoms with Crippen molar-refractivity contribution in [2.45, 2.75) is 38.8 Å². The van der Waals surface area contributed by atoms with Crippen molar-refractivity contribution in [2.75, 3.05) is 0 Å². The van der Waals surface area contributed by atoms with Crippen LogP contribution in [-0.4, -0.2) is 20.3 Å². The number of Topliss-reactive ketones (excluding diaryl/α,β-unsaturated/α-hetero) is 1. The summed E-state index contributed by atoms with van der Waals surface area (Å²) in [6.07, 6.45) is 1.41. The Morgan fingerprint density at radius 1 is 0.921 bits per heavy atom. The Hall–Kier alpha value is -4.33. The SMILES string of the molecule is CCCCC(=O)Cc1ccc(-c2ccc3ncc4ccc(=O)n(-c5cccc(C(F)(F)F)c5)c4c3c2)cn1. The van der Waals surface area contributed by atoms with Crippen LogP contribution in [0.4, 0.5) is 13.2 Å². The molecular formula is C30H24F3N3O2. The van der Waals surface area contributed by atoms with E-state index in [-0.39, 0.29) is 17.9 Å². The number of hydrogen-bond donors (Lipinski definition) is 0. The Labute approximate surface area is 216 Å². The van der Waals surface area contributed by atoms with Gasteiger partial charge >= 0.3 is 6.18 Å². The molecule has 0 aliphatic heterocycles. The van der Waals surface area contributed by atoms with Gasteiger partial charge in [-0.3, -0.25) is 24.1 Å². The number of pyridine rings is 3. The number of benzene rings is 2. The number of aromatic nitrogens is 3. The van der Waals surface area contributed by atoms with Crippen molar-refractivity contribution in [3.05, 3.63) is 101 Å². The van der Waals surface area contributed by atoms with Crippen molar-refractivity contribution in [3.8, 4) is 16.8 Å². The van der Waals surface area contributed by atoms with Crippen molar-refractivity contribution in [1.82, 2.24) is 14.5 Å². The molecule has 0 aliphatic carbocycles. The minimum absolute atomic E-state index is 0.118. The number of alkyl halides is 3. The summed E-state index contributed by atoms with van der Waals surface area (Å²) in [5, 5.41) is 1.24. The molecule has 0 amide bonds. The monoisotopic (exact) mass is 515 g/mol. The number of nitrogens with zero attached hydrogens (tertiary/aromatic N) is 3. The van der Waals surface area contributed by atoms with Gasteiger partial charge in [0.2, 0.25) is 0 Å². The van der Waals surface area contributed by atoms with Gasteiger partial charge in [0, 0.05) is 59.0 Å². The number of carbonyl (C=O) groups excluding carboxylic acids is 1. The molecule has 0 saturated carbocycles. The molecule has 38 heavy (non-hydrogen) atoms. The molecule has 0 radical (unpaired) electrons. The summed E-state index contributed by atoms with van der Waals surface area (Å²) in [6, 6.07) is 16.9. The van der Waals surface area contributed by atoms with Gasteiger partial charge in [-0.25, -0.2) is 0 Å². The van der Waals surface area contributed by atoms with Crippen LogP contribution in [0, 0.1) is 0 Å². The van der Waals surface area contributed by atoms with Crippen molar-refractivity contribution in [1.29, 1.82) is 0 Å². The Balaban J connectivity index is 1.62.